The zero-order valence-electron chi connectivity index (χ0n) is 13.0. The minimum Gasteiger partial charge on any atom is -0.486 e. The molecule has 0 saturated heterocycles. The highest BCUT2D eigenvalue weighted by Gasteiger charge is 2.15. The van der Waals surface area contributed by atoms with Crippen LogP contribution in [-0.2, 0) is 4.79 Å². The molecule has 0 bridgehead atoms. The Morgan fingerprint density at radius 2 is 1.91 bits per heavy atom. The fraction of sp³-hybridized carbons (Fsp3) is 0.500. The van der Waals surface area contributed by atoms with E-state index in [1.165, 1.54) is 0 Å². The number of ketones is 1. The Morgan fingerprint density at radius 1 is 1.18 bits per heavy atom. The fourth-order valence-corrected chi connectivity index (χ4v) is 2.05. The number of ether oxygens (including phenoxy) is 2. The number of benzene rings is 1. The summed E-state index contributed by atoms with van der Waals surface area (Å²) in [7, 11) is 1.84. The Hall–Kier alpha value is -2.08. The normalized spacial score (nSPS) is 14.3. The van der Waals surface area contributed by atoms with Crippen LogP contribution in [0.5, 0.6) is 11.5 Å². The number of nitrogens with one attached hydrogen (secondary N) is 2. The second-order valence-corrected chi connectivity index (χ2v) is 5.28. The third-order valence-corrected chi connectivity index (χ3v) is 3.54. The van der Waals surface area contributed by atoms with Crippen LogP contribution in [0.3, 0.4) is 0 Å². The Balaban J connectivity index is 1.83. The van der Waals surface area contributed by atoms with Crippen LogP contribution in [0.2, 0.25) is 0 Å². The lowest BCUT2D eigenvalue weighted by Crippen LogP contribution is -2.37. The van der Waals surface area contributed by atoms with Gasteiger partial charge in [0.05, 0.1) is 0 Å². The Labute approximate surface area is 130 Å². The van der Waals surface area contributed by atoms with Crippen molar-refractivity contribution in [2.45, 2.75) is 25.8 Å². The van der Waals surface area contributed by atoms with E-state index >= 15 is 0 Å². The summed E-state index contributed by atoms with van der Waals surface area (Å²) in [5.41, 5.74) is 0.542. The van der Waals surface area contributed by atoms with Crippen molar-refractivity contribution in [1.82, 2.24) is 10.6 Å². The van der Waals surface area contributed by atoms with Crippen molar-refractivity contribution in [3.05, 3.63) is 23.8 Å². The van der Waals surface area contributed by atoms with Crippen molar-refractivity contribution in [3.63, 3.8) is 0 Å². The first-order chi connectivity index (χ1) is 10.6. The van der Waals surface area contributed by atoms with Gasteiger partial charge in [-0.1, -0.05) is 0 Å². The van der Waals surface area contributed by atoms with E-state index in [1.807, 2.05) is 14.0 Å². The molecular formula is C16H22N2O4. The lowest BCUT2D eigenvalue weighted by Gasteiger charge is -2.18. The summed E-state index contributed by atoms with van der Waals surface area (Å²) in [6.45, 7) is 3.52. The number of rotatable bonds is 7. The van der Waals surface area contributed by atoms with Gasteiger partial charge in [0.2, 0.25) is 5.91 Å². The lowest BCUT2D eigenvalue weighted by atomic mass is 10.1. The van der Waals surface area contributed by atoms with Gasteiger partial charge in [0.1, 0.15) is 13.2 Å². The number of carbonyl (C=O) groups is 2. The molecule has 1 aromatic rings. The van der Waals surface area contributed by atoms with E-state index in [0.29, 0.717) is 36.8 Å². The number of Topliss-reactive ketones (excluding diaryl/α,β-unsaturated/α-hetero) is 1. The van der Waals surface area contributed by atoms with E-state index in [0.717, 1.165) is 0 Å². The molecule has 1 heterocycles. The SMILES string of the molecule is CNC(C)CNC(=O)CCC(=O)c1ccc2c(c1)OCCO2. The van der Waals surface area contributed by atoms with Crippen LogP contribution < -0.4 is 20.1 Å². The molecule has 6 nitrogen and oxygen atoms in total. The van der Waals surface area contributed by atoms with Gasteiger partial charge in [-0.15, -0.1) is 0 Å². The summed E-state index contributed by atoms with van der Waals surface area (Å²) >= 11 is 0. The Kier molecular flexibility index (Phi) is 5.77. The highest BCUT2D eigenvalue weighted by Crippen LogP contribution is 2.31. The summed E-state index contributed by atoms with van der Waals surface area (Å²) in [6, 6.07) is 5.32. The largest absolute Gasteiger partial charge is 0.486 e. The second-order valence-electron chi connectivity index (χ2n) is 5.28. The fourth-order valence-electron chi connectivity index (χ4n) is 2.05. The molecule has 0 aromatic heterocycles. The van der Waals surface area contributed by atoms with Crippen LogP contribution in [-0.4, -0.2) is 44.5 Å². The maximum Gasteiger partial charge on any atom is 0.220 e. The smallest absolute Gasteiger partial charge is 0.220 e. The minimum atomic E-state index is -0.118. The standard InChI is InChI=1S/C16H22N2O4/c1-11(17-2)10-18-16(20)6-4-13(19)12-3-5-14-15(9-12)22-8-7-21-14/h3,5,9,11,17H,4,6-8,10H2,1-2H3,(H,18,20). The Bertz CT molecular complexity index is 545. The van der Waals surface area contributed by atoms with Gasteiger partial charge in [-0.25, -0.2) is 0 Å². The Morgan fingerprint density at radius 3 is 2.64 bits per heavy atom. The molecule has 0 fully saturated rings. The molecule has 1 atom stereocenters. The molecule has 2 rings (SSSR count). The molecule has 0 aliphatic carbocycles. The molecule has 2 N–H and O–H groups in total. The molecule has 1 amide bonds. The first-order valence-electron chi connectivity index (χ1n) is 7.47. The molecule has 1 aromatic carbocycles. The highest BCUT2D eigenvalue weighted by atomic mass is 16.6. The van der Waals surface area contributed by atoms with Gasteiger partial charge in [0.25, 0.3) is 0 Å². The minimum absolute atomic E-state index is 0.0752. The predicted molar refractivity (Wildman–Crippen MR) is 82.5 cm³/mol. The number of carbonyl (C=O) groups excluding carboxylic acids is 2. The average molecular weight is 306 g/mol. The zero-order chi connectivity index (χ0) is 15.9. The van der Waals surface area contributed by atoms with Crippen LogP contribution in [0.25, 0.3) is 0 Å². The van der Waals surface area contributed by atoms with E-state index in [-0.39, 0.29) is 30.6 Å². The molecule has 1 aliphatic heterocycles. The summed E-state index contributed by atoms with van der Waals surface area (Å²) in [4.78, 5) is 23.8. The summed E-state index contributed by atoms with van der Waals surface area (Å²) in [6.07, 6.45) is 0.364. The third kappa shape index (κ3) is 4.46. The number of likely N-dealkylation sites (N-methyl/N-ethyl adjacent to an activating group) is 1. The summed E-state index contributed by atoms with van der Waals surface area (Å²) in [5.74, 6) is 1.05. The third-order valence-electron chi connectivity index (χ3n) is 3.54. The van der Waals surface area contributed by atoms with E-state index < -0.39 is 0 Å². The number of hydrogen-bond acceptors (Lipinski definition) is 5. The van der Waals surface area contributed by atoms with Crippen LogP contribution >= 0.6 is 0 Å². The number of fused-ring (bicyclic) bond motifs is 1. The van der Waals surface area contributed by atoms with Crippen LogP contribution in [0, 0.1) is 0 Å². The molecule has 120 valence electrons. The van der Waals surface area contributed by atoms with Crippen molar-refractivity contribution in [2.24, 2.45) is 0 Å². The van der Waals surface area contributed by atoms with Crippen molar-refractivity contribution >= 4 is 11.7 Å². The summed E-state index contributed by atoms with van der Waals surface area (Å²) < 4.78 is 10.9. The van der Waals surface area contributed by atoms with Crippen molar-refractivity contribution in [3.8, 4) is 11.5 Å². The van der Waals surface area contributed by atoms with Crippen LogP contribution in [0.1, 0.15) is 30.1 Å². The van der Waals surface area contributed by atoms with Crippen molar-refractivity contribution in [2.75, 3.05) is 26.8 Å². The molecular weight excluding hydrogens is 284 g/mol. The monoisotopic (exact) mass is 306 g/mol. The van der Waals surface area contributed by atoms with E-state index in [2.05, 4.69) is 10.6 Å². The molecule has 0 saturated carbocycles. The first kappa shape index (κ1) is 16.3. The van der Waals surface area contributed by atoms with E-state index in [9.17, 15) is 9.59 Å². The maximum atomic E-state index is 12.1. The highest BCUT2D eigenvalue weighted by molar-refractivity contribution is 5.98. The molecule has 1 unspecified atom stereocenters. The zero-order valence-corrected chi connectivity index (χ0v) is 13.0. The van der Waals surface area contributed by atoms with Gasteiger partial charge in [-0.05, 0) is 32.2 Å². The van der Waals surface area contributed by atoms with Crippen LogP contribution in [0.4, 0.5) is 0 Å². The topological polar surface area (TPSA) is 76.7 Å². The van der Waals surface area contributed by atoms with Gasteiger partial charge in [0, 0.05) is 31.0 Å². The van der Waals surface area contributed by atoms with Crippen molar-refractivity contribution < 1.29 is 19.1 Å². The lowest BCUT2D eigenvalue weighted by molar-refractivity contribution is -0.121. The molecule has 6 heteroatoms. The van der Waals surface area contributed by atoms with E-state index in [4.69, 9.17) is 9.47 Å². The van der Waals surface area contributed by atoms with E-state index in [1.54, 1.807) is 18.2 Å². The number of hydrogen-bond donors (Lipinski definition) is 2. The van der Waals surface area contributed by atoms with Gasteiger partial charge in [-0.2, -0.15) is 0 Å². The van der Waals surface area contributed by atoms with Gasteiger partial charge >= 0.3 is 0 Å². The number of amides is 1. The molecule has 22 heavy (non-hydrogen) atoms. The molecule has 0 spiro atoms. The molecule has 0 radical (unpaired) electrons. The first-order valence-corrected chi connectivity index (χ1v) is 7.47. The van der Waals surface area contributed by atoms with Crippen molar-refractivity contribution in [1.29, 1.82) is 0 Å². The predicted octanol–water partition coefficient (Wildman–Crippen LogP) is 1.14. The quantitative estimate of drug-likeness (QED) is 0.739. The van der Waals surface area contributed by atoms with Crippen LogP contribution in [0.15, 0.2) is 18.2 Å². The van der Waals surface area contributed by atoms with Gasteiger partial charge in [0.15, 0.2) is 17.3 Å². The molecule has 1 aliphatic rings. The van der Waals surface area contributed by atoms with Gasteiger partial charge < -0.3 is 20.1 Å². The average Bonchev–Trinajstić information content (AvgIpc) is 2.56. The second kappa shape index (κ2) is 7.79. The summed E-state index contributed by atoms with van der Waals surface area (Å²) in [5, 5.41) is 5.82. The van der Waals surface area contributed by atoms with Gasteiger partial charge in [-0.3, -0.25) is 9.59 Å². The maximum absolute atomic E-state index is 12.1.